The Balaban J connectivity index is 1.96. The molecule has 24 heavy (non-hydrogen) atoms. The fraction of sp³-hybridized carbons (Fsp3) is 0.333. The number of amides is 1. The van der Waals surface area contributed by atoms with Gasteiger partial charge in [0.05, 0.1) is 0 Å². The predicted octanol–water partition coefficient (Wildman–Crippen LogP) is 3.43. The number of hydrogen-bond acceptors (Lipinski definition) is 3. The first kappa shape index (κ1) is 16.9. The van der Waals surface area contributed by atoms with E-state index in [4.69, 9.17) is 11.6 Å². The number of pyridine rings is 1. The molecule has 1 aromatic heterocycles. The molecular weight excluding hydrogens is 329 g/mol. The first-order valence-electron chi connectivity index (χ1n) is 7.99. The minimum Gasteiger partial charge on any atom is -0.319 e. The Hall–Kier alpha value is -1.98. The highest BCUT2D eigenvalue weighted by Crippen LogP contribution is 2.31. The summed E-state index contributed by atoms with van der Waals surface area (Å²) >= 11 is 5.98. The summed E-state index contributed by atoms with van der Waals surface area (Å²) in [6, 6.07) is 6.70. The van der Waals surface area contributed by atoms with Crippen LogP contribution in [0.1, 0.15) is 18.4 Å². The van der Waals surface area contributed by atoms with Crippen LogP contribution >= 0.6 is 11.6 Å². The zero-order valence-corrected chi connectivity index (χ0v) is 14.2. The molecule has 2 aromatic rings. The minimum absolute atomic E-state index is 0.0463. The number of carbonyl (C=O) groups is 1. The van der Waals surface area contributed by atoms with Crippen molar-refractivity contribution in [3.63, 3.8) is 0 Å². The van der Waals surface area contributed by atoms with Gasteiger partial charge in [0.2, 0.25) is 5.91 Å². The first-order chi connectivity index (χ1) is 11.6. The van der Waals surface area contributed by atoms with E-state index in [-0.39, 0.29) is 11.7 Å². The number of nitrogens with zero attached hydrogens (tertiary/aromatic N) is 2. The lowest BCUT2D eigenvalue weighted by Gasteiger charge is -2.17. The van der Waals surface area contributed by atoms with Crippen LogP contribution in [0.3, 0.4) is 0 Å². The highest BCUT2D eigenvalue weighted by atomic mass is 35.5. The summed E-state index contributed by atoms with van der Waals surface area (Å²) in [6.07, 6.45) is 3.67. The quantitative estimate of drug-likeness (QED) is 0.843. The van der Waals surface area contributed by atoms with Gasteiger partial charge in [-0.05, 0) is 56.3 Å². The van der Waals surface area contributed by atoms with Crippen molar-refractivity contribution < 1.29 is 9.18 Å². The molecule has 0 unspecified atom stereocenters. The maximum Gasteiger partial charge on any atom is 0.227 e. The van der Waals surface area contributed by atoms with Gasteiger partial charge in [0.25, 0.3) is 0 Å². The standard InChI is InChI=1S/C18H19ClFN3O/c1-21-7-6-12-9-17(19)22-11-15(12)14-5-4-13(10-16(14)20)23-8-2-3-18(23)24/h4-5,9-11,21H,2-3,6-8H2,1H3. The van der Waals surface area contributed by atoms with Crippen LogP contribution in [-0.4, -0.2) is 31.0 Å². The van der Waals surface area contributed by atoms with Crippen molar-refractivity contribution in [1.29, 1.82) is 0 Å². The van der Waals surface area contributed by atoms with Crippen molar-refractivity contribution in [3.05, 3.63) is 47.0 Å². The molecule has 1 aromatic carbocycles. The fourth-order valence-electron chi connectivity index (χ4n) is 2.99. The molecule has 1 aliphatic rings. The van der Waals surface area contributed by atoms with Gasteiger partial charge in [-0.2, -0.15) is 0 Å². The third kappa shape index (κ3) is 3.42. The third-order valence-electron chi connectivity index (χ3n) is 4.23. The summed E-state index contributed by atoms with van der Waals surface area (Å²) in [7, 11) is 1.87. The summed E-state index contributed by atoms with van der Waals surface area (Å²) in [5.74, 6) is -0.313. The van der Waals surface area contributed by atoms with Gasteiger partial charge in [0, 0.05) is 36.0 Å². The molecule has 4 nitrogen and oxygen atoms in total. The van der Waals surface area contributed by atoms with Crippen LogP contribution in [0.25, 0.3) is 11.1 Å². The molecule has 0 radical (unpaired) electrons. The highest BCUT2D eigenvalue weighted by molar-refractivity contribution is 6.29. The molecule has 6 heteroatoms. The van der Waals surface area contributed by atoms with Gasteiger partial charge in [-0.15, -0.1) is 0 Å². The lowest BCUT2D eigenvalue weighted by molar-refractivity contribution is -0.117. The Labute approximate surface area is 145 Å². The number of likely N-dealkylation sites (N-methyl/N-ethyl adjacent to an activating group) is 1. The molecule has 1 aliphatic heterocycles. The van der Waals surface area contributed by atoms with Crippen molar-refractivity contribution in [2.24, 2.45) is 0 Å². The minimum atomic E-state index is -0.359. The molecule has 2 heterocycles. The van der Waals surface area contributed by atoms with Gasteiger partial charge in [-0.3, -0.25) is 4.79 Å². The van der Waals surface area contributed by atoms with E-state index < -0.39 is 0 Å². The second-order valence-corrected chi connectivity index (χ2v) is 6.22. The maximum atomic E-state index is 14.7. The van der Waals surface area contributed by atoms with Crippen LogP contribution in [0, 0.1) is 5.82 Å². The smallest absolute Gasteiger partial charge is 0.227 e. The van der Waals surface area contributed by atoms with E-state index in [2.05, 4.69) is 10.3 Å². The van der Waals surface area contributed by atoms with E-state index in [0.717, 1.165) is 30.5 Å². The fourth-order valence-corrected chi connectivity index (χ4v) is 3.17. The molecule has 0 aliphatic carbocycles. The monoisotopic (exact) mass is 347 g/mol. The third-order valence-corrected chi connectivity index (χ3v) is 4.44. The van der Waals surface area contributed by atoms with Gasteiger partial charge in [-0.25, -0.2) is 9.37 Å². The Morgan fingerprint density at radius 1 is 1.33 bits per heavy atom. The van der Waals surface area contributed by atoms with E-state index in [1.54, 1.807) is 29.3 Å². The Kier molecular flexibility index (Phi) is 5.11. The van der Waals surface area contributed by atoms with Crippen molar-refractivity contribution in [2.45, 2.75) is 19.3 Å². The topological polar surface area (TPSA) is 45.2 Å². The normalized spacial score (nSPS) is 14.5. The molecule has 1 amide bonds. The van der Waals surface area contributed by atoms with Gasteiger partial charge >= 0.3 is 0 Å². The number of benzene rings is 1. The summed E-state index contributed by atoms with van der Waals surface area (Å²) < 4.78 is 14.7. The molecule has 0 spiro atoms. The molecule has 1 saturated heterocycles. The van der Waals surface area contributed by atoms with Gasteiger partial charge in [0.1, 0.15) is 11.0 Å². The molecule has 1 fully saturated rings. The number of halogens is 2. The number of aromatic nitrogens is 1. The van der Waals surface area contributed by atoms with E-state index >= 15 is 0 Å². The lowest BCUT2D eigenvalue weighted by atomic mass is 9.99. The largest absolute Gasteiger partial charge is 0.319 e. The summed E-state index contributed by atoms with van der Waals surface area (Å²) in [4.78, 5) is 17.5. The summed E-state index contributed by atoms with van der Waals surface area (Å²) in [5, 5.41) is 3.47. The van der Waals surface area contributed by atoms with Crippen LogP contribution in [0.2, 0.25) is 5.15 Å². The van der Waals surface area contributed by atoms with Crippen molar-refractivity contribution >= 4 is 23.2 Å². The second-order valence-electron chi connectivity index (χ2n) is 5.83. The zero-order chi connectivity index (χ0) is 17.1. The number of rotatable bonds is 5. The molecule has 1 N–H and O–H groups in total. The van der Waals surface area contributed by atoms with Gasteiger partial charge in [-0.1, -0.05) is 11.6 Å². The van der Waals surface area contributed by atoms with Crippen LogP contribution < -0.4 is 10.2 Å². The number of anilines is 1. The van der Waals surface area contributed by atoms with Crippen LogP contribution in [0.4, 0.5) is 10.1 Å². The van der Waals surface area contributed by atoms with Crippen molar-refractivity contribution in [1.82, 2.24) is 10.3 Å². The second kappa shape index (κ2) is 7.28. The zero-order valence-electron chi connectivity index (χ0n) is 13.5. The maximum absolute atomic E-state index is 14.7. The van der Waals surface area contributed by atoms with Crippen LogP contribution in [0.15, 0.2) is 30.5 Å². The van der Waals surface area contributed by atoms with E-state index in [1.807, 2.05) is 7.05 Å². The van der Waals surface area contributed by atoms with Gasteiger partial charge < -0.3 is 10.2 Å². The van der Waals surface area contributed by atoms with Crippen LogP contribution in [-0.2, 0) is 11.2 Å². The number of nitrogens with one attached hydrogen (secondary N) is 1. The van der Waals surface area contributed by atoms with E-state index in [1.165, 1.54) is 6.07 Å². The molecule has 0 atom stereocenters. The average Bonchev–Trinajstić information content (AvgIpc) is 2.99. The first-order valence-corrected chi connectivity index (χ1v) is 8.37. The molecule has 0 saturated carbocycles. The van der Waals surface area contributed by atoms with Crippen molar-refractivity contribution in [2.75, 3.05) is 25.0 Å². The highest BCUT2D eigenvalue weighted by Gasteiger charge is 2.23. The Bertz CT molecular complexity index is 766. The van der Waals surface area contributed by atoms with E-state index in [9.17, 15) is 9.18 Å². The molecule has 126 valence electrons. The Morgan fingerprint density at radius 2 is 2.17 bits per heavy atom. The predicted molar refractivity (Wildman–Crippen MR) is 93.9 cm³/mol. The lowest BCUT2D eigenvalue weighted by Crippen LogP contribution is -2.23. The number of carbonyl (C=O) groups excluding carboxylic acids is 1. The van der Waals surface area contributed by atoms with Crippen LogP contribution in [0.5, 0.6) is 0 Å². The molecular formula is C18H19ClFN3O. The SMILES string of the molecule is CNCCc1cc(Cl)ncc1-c1ccc(N2CCCC2=O)cc1F. The Morgan fingerprint density at radius 3 is 2.83 bits per heavy atom. The summed E-state index contributed by atoms with van der Waals surface area (Å²) in [5.41, 5.74) is 2.75. The molecule has 3 rings (SSSR count). The molecule has 0 bridgehead atoms. The number of hydrogen-bond donors (Lipinski definition) is 1. The van der Waals surface area contributed by atoms with Gasteiger partial charge in [0.15, 0.2) is 0 Å². The van der Waals surface area contributed by atoms with E-state index in [0.29, 0.717) is 29.4 Å². The summed E-state index contributed by atoms with van der Waals surface area (Å²) in [6.45, 7) is 1.41. The van der Waals surface area contributed by atoms with Crippen molar-refractivity contribution in [3.8, 4) is 11.1 Å². The average molecular weight is 348 g/mol.